The van der Waals surface area contributed by atoms with Crippen LogP contribution in [0.25, 0.3) is 10.3 Å². The van der Waals surface area contributed by atoms with Crippen molar-refractivity contribution in [3.8, 4) is 0 Å². The Labute approximate surface area is 65.8 Å². The fraction of sp³-hybridized carbons (Fsp3) is 0.125. The van der Waals surface area contributed by atoms with E-state index >= 15 is 0 Å². The Balaban J connectivity index is 2.76. The maximum atomic E-state index is 6.70. The SMILES string of the molecule is [C-]#[N+]c1ccc(N[N-]C)cc1. The van der Waals surface area contributed by atoms with Crippen LogP contribution in [0.3, 0.4) is 0 Å². The lowest BCUT2D eigenvalue weighted by atomic mass is 10.3. The van der Waals surface area contributed by atoms with E-state index in [0.717, 1.165) is 5.69 Å². The number of anilines is 1. The predicted molar refractivity (Wildman–Crippen MR) is 45.6 cm³/mol. The van der Waals surface area contributed by atoms with Gasteiger partial charge in [-0.05, 0) is 0 Å². The summed E-state index contributed by atoms with van der Waals surface area (Å²) in [6, 6.07) is 7.14. The van der Waals surface area contributed by atoms with Crippen LogP contribution in [0.2, 0.25) is 0 Å². The average Bonchev–Trinajstić information content (AvgIpc) is 2.07. The van der Waals surface area contributed by atoms with Crippen molar-refractivity contribution in [3.63, 3.8) is 0 Å². The summed E-state index contributed by atoms with van der Waals surface area (Å²) in [5.74, 6) is 0. The lowest BCUT2D eigenvalue weighted by Gasteiger charge is -2.15. The number of rotatable bonds is 2. The van der Waals surface area contributed by atoms with E-state index in [1.165, 1.54) is 0 Å². The van der Waals surface area contributed by atoms with Gasteiger partial charge in [-0.15, -0.1) is 7.05 Å². The smallest absolute Gasteiger partial charge is 0.187 e. The van der Waals surface area contributed by atoms with Gasteiger partial charge >= 0.3 is 0 Å². The minimum Gasteiger partial charge on any atom is -0.574 e. The molecular formula is C8H8N3-. The van der Waals surface area contributed by atoms with Crippen molar-refractivity contribution in [3.05, 3.63) is 41.1 Å². The van der Waals surface area contributed by atoms with Gasteiger partial charge in [0.2, 0.25) is 0 Å². The van der Waals surface area contributed by atoms with E-state index in [9.17, 15) is 0 Å². The molecule has 0 aliphatic rings. The summed E-state index contributed by atoms with van der Waals surface area (Å²) in [4.78, 5) is 3.26. The van der Waals surface area contributed by atoms with Gasteiger partial charge in [0.15, 0.2) is 5.69 Å². The molecule has 1 aromatic carbocycles. The molecule has 0 radical (unpaired) electrons. The Morgan fingerprint density at radius 2 is 2.00 bits per heavy atom. The van der Waals surface area contributed by atoms with Crippen molar-refractivity contribution in [2.75, 3.05) is 12.5 Å². The van der Waals surface area contributed by atoms with Crippen LogP contribution in [0.4, 0.5) is 11.4 Å². The molecule has 1 aromatic rings. The van der Waals surface area contributed by atoms with Crippen LogP contribution in [0.1, 0.15) is 0 Å². The molecule has 1 N–H and O–H groups in total. The standard InChI is InChI=1S/C8H8N3/c1-9-7-3-5-8(6-4-7)11-10-2/h3-6,11H,2H3/q-1. The second-order valence-electron chi connectivity index (χ2n) is 1.99. The van der Waals surface area contributed by atoms with Gasteiger partial charge < -0.3 is 10.9 Å². The molecule has 0 unspecified atom stereocenters. The molecule has 11 heavy (non-hydrogen) atoms. The molecule has 0 saturated carbocycles. The minimum atomic E-state index is 0.645. The van der Waals surface area contributed by atoms with E-state index in [4.69, 9.17) is 6.57 Å². The van der Waals surface area contributed by atoms with Crippen molar-refractivity contribution < 1.29 is 0 Å². The zero-order chi connectivity index (χ0) is 8.10. The first-order chi connectivity index (χ1) is 5.36. The molecule has 0 heterocycles. The van der Waals surface area contributed by atoms with Crippen molar-refractivity contribution in [1.29, 1.82) is 0 Å². The second kappa shape index (κ2) is 3.59. The normalized spacial score (nSPS) is 8.73. The first kappa shape index (κ1) is 7.58. The molecule has 0 aliphatic carbocycles. The summed E-state index contributed by atoms with van der Waals surface area (Å²) in [5.41, 5.74) is 8.06. The summed E-state index contributed by atoms with van der Waals surface area (Å²) in [6.07, 6.45) is 0. The highest BCUT2D eigenvalue weighted by Crippen LogP contribution is 2.15. The van der Waals surface area contributed by atoms with Crippen molar-refractivity contribution in [2.24, 2.45) is 0 Å². The van der Waals surface area contributed by atoms with E-state index in [2.05, 4.69) is 15.7 Å². The maximum Gasteiger partial charge on any atom is 0.187 e. The van der Waals surface area contributed by atoms with Gasteiger partial charge in [0.05, 0.1) is 6.57 Å². The monoisotopic (exact) mass is 146 g/mol. The van der Waals surface area contributed by atoms with Crippen LogP contribution in [0.15, 0.2) is 24.3 Å². The highest BCUT2D eigenvalue weighted by Gasteiger charge is 1.87. The Kier molecular flexibility index (Phi) is 2.47. The van der Waals surface area contributed by atoms with Gasteiger partial charge in [-0.1, -0.05) is 24.3 Å². The van der Waals surface area contributed by atoms with Crippen molar-refractivity contribution in [1.82, 2.24) is 0 Å². The highest BCUT2D eigenvalue weighted by atomic mass is 15.3. The zero-order valence-electron chi connectivity index (χ0n) is 6.20. The first-order valence-corrected chi connectivity index (χ1v) is 3.19. The van der Waals surface area contributed by atoms with E-state index in [1.54, 1.807) is 19.2 Å². The Morgan fingerprint density at radius 1 is 1.36 bits per heavy atom. The topological polar surface area (TPSA) is 30.5 Å². The summed E-state index contributed by atoms with van der Waals surface area (Å²) in [5, 5.41) is 0. The lowest BCUT2D eigenvalue weighted by molar-refractivity contribution is 1.47. The molecule has 0 aromatic heterocycles. The second-order valence-corrected chi connectivity index (χ2v) is 1.99. The number of nitrogens with zero attached hydrogens (tertiary/aromatic N) is 2. The van der Waals surface area contributed by atoms with E-state index in [1.807, 2.05) is 12.1 Å². The molecule has 3 heteroatoms. The summed E-state index contributed by atoms with van der Waals surface area (Å²) >= 11 is 0. The van der Waals surface area contributed by atoms with Crippen molar-refractivity contribution in [2.45, 2.75) is 0 Å². The minimum absolute atomic E-state index is 0.645. The van der Waals surface area contributed by atoms with Gasteiger partial charge in [0.25, 0.3) is 0 Å². The zero-order valence-corrected chi connectivity index (χ0v) is 6.20. The molecule has 0 atom stereocenters. The third-order valence-electron chi connectivity index (χ3n) is 1.24. The quantitative estimate of drug-likeness (QED) is 0.504. The van der Waals surface area contributed by atoms with E-state index in [0.29, 0.717) is 5.69 Å². The molecule has 0 aliphatic heterocycles. The third-order valence-corrected chi connectivity index (χ3v) is 1.24. The molecule has 56 valence electrons. The van der Waals surface area contributed by atoms with Gasteiger partial charge in [-0.3, -0.25) is 0 Å². The molecule has 0 spiro atoms. The van der Waals surface area contributed by atoms with Crippen LogP contribution < -0.4 is 5.43 Å². The van der Waals surface area contributed by atoms with E-state index < -0.39 is 0 Å². The van der Waals surface area contributed by atoms with Crippen LogP contribution in [0, 0.1) is 6.57 Å². The van der Waals surface area contributed by atoms with Gasteiger partial charge in [0.1, 0.15) is 0 Å². The van der Waals surface area contributed by atoms with Crippen LogP contribution in [-0.4, -0.2) is 7.05 Å². The summed E-state index contributed by atoms with van der Waals surface area (Å²) in [7, 11) is 1.67. The lowest BCUT2D eigenvalue weighted by Crippen LogP contribution is -1.86. The number of nitrogens with one attached hydrogen (secondary N) is 1. The third kappa shape index (κ3) is 1.95. The van der Waals surface area contributed by atoms with Crippen LogP contribution in [0.5, 0.6) is 0 Å². The van der Waals surface area contributed by atoms with Gasteiger partial charge in [0, 0.05) is 5.69 Å². The van der Waals surface area contributed by atoms with Gasteiger partial charge in [-0.2, -0.15) is 0 Å². The first-order valence-electron chi connectivity index (χ1n) is 3.19. The molecule has 0 bridgehead atoms. The molecule has 0 amide bonds. The molecule has 1 rings (SSSR count). The summed E-state index contributed by atoms with van der Waals surface area (Å²) in [6.45, 7) is 6.70. The fourth-order valence-corrected chi connectivity index (χ4v) is 0.740. The maximum absolute atomic E-state index is 6.70. The highest BCUT2D eigenvalue weighted by molar-refractivity contribution is 5.54. The van der Waals surface area contributed by atoms with Crippen LogP contribution in [-0.2, 0) is 0 Å². The fourth-order valence-electron chi connectivity index (χ4n) is 0.740. The number of benzene rings is 1. The Morgan fingerprint density at radius 3 is 2.45 bits per heavy atom. The number of hydrogen-bond donors (Lipinski definition) is 1. The predicted octanol–water partition coefficient (Wildman–Crippen LogP) is 2.57. The van der Waals surface area contributed by atoms with Crippen LogP contribution >= 0.6 is 0 Å². The molecular weight excluding hydrogens is 138 g/mol. The number of hydrogen-bond acceptors (Lipinski definition) is 1. The largest absolute Gasteiger partial charge is 0.574 e. The average molecular weight is 146 g/mol. The Hall–Kier alpha value is -1.53. The van der Waals surface area contributed by atoms with E-state index in [-0.39, 0.29) is 0 Å². The van der Waals surface area contributed by atoms with Crippen molar-refractivity contribution >= 4 is 11.4 Å². The molecule has 0 saturated heterocycles. The summed E-state index contributed by atoms with van der Waals surface area (Å²) < 4.78 is 0. The van der Waals surface area contributed by atoms with Gasteiger partial charge in [-0.25, -0.2) is 4.85 Å². The Bertz CT molecular complexity index is 258. The molecule has 3 nitrogen and oxygen atoms in total. The molecule has 0 fully saturated rings.